The number of hydrogen-bond donors (Lipinski definition) is 1. The van der Waals surface area contributed by atoms with Crippen molar-refractivity contribution in [2.75, 3.05) is 6.54 Å². The van der Waals surface area contributed by atoms with Crippen LogP contribution in [0, 0.1) is 13.8 Å². The molecular formula is C19H21BrN4OS. The highest BCUT2D eigenvalue weighted by atomic mass is 79.9. The molecule has 0 radical (unpaired) electrons. The summed E-state index contributed by atoms with van der Waals surface area (Å²) >= 11 is 5.13. The zero-order chi connectivity index (χ0) is 18.5. The van der Waals surface area contributed by atoms with E-state index in [4.69, 9.17) is 0 Å². The molecule has 0 saturated heterocycles. The average Bonchev–Trinajstić information content (AvgIpc) is 3.21. The number of thiazole rings is 1. The number of hydrogen-bond acceptors (Lipinski definition) is 4. The maximum absolute atomic E-state index is 12.4. The van der Waals surface area contributed by atoms with E-state index >= 15 is 0 Å². The van der Waals surface area contributed by atoms with Crippen molar-refractivity contribution in [3.05, 3.63) is 62.3 Å². The minimum absolute atomic E-state index is 0.0732. The predicted molar refractivity (Wildman–Crippen MR) is 108 cm³/mol. The number of unbranched alkanes of at least 4 members (excludes halogenated alkanes) is 1. The van der Waals surface area contributed by atoms with Gasteiger partial charge in [0.05, 0.1) is 28.1 Å². The molecule has 0 aliphatic carbocycles. The summed E-state index contributed by atoms with van der Waals surface area (Å²) in [5, 5.41) is 10.6. The van der Waals surface area contributed by atoms with Crippen molar-refractivity contribution >= 4 is 33.2 Å². The van der Waals surface area contributed by atoms with E-state index in [0.29, 0.717) is 12.1 Å². The molecule has 0 spiro atoms. The van der Waals surface area contributed by atoms with Crippen molar-refractivity contribution in [3.8, 4) is 5.69 Å². The SMILES string of the molecule is Cc1csc(CCCCNC(=O)c2cnn(-c3ccc(Br)cc3)c2C)n1. The van der Waals surface area contributed by atoms with E-state index in [-0.39, 0.29) is 5.91 Å². The van der Waals surface area contributed by atoms with Gasteiger partial charge < -0.3 is 5.32 Å². The molecule has 1 N–H and O–H groups in total. The number of aromatic nitrogens is 3. The molecule has 136 valence electrons. The largest absolute Gasteiger partial charge is 0.352 e. The molecule has 2 heterocycles. The van der Waals surface area contributed by atoms with Crippen LogP contribution in [0.15, 0.2) is 40.3 Å². The zero-order valence-corrected chi connectivity index (χ0v) is 17.2. The molecule has 3 aromatic rings. The third-order valence-electron chi connectivity index (χ3n) is 4.10. The van der Waals surface area contributed by atoms with Gasteiger partial charge in [-0.25, -0.2) is 9.67 Å². The molecule has 1 amide bonds. The van der Waals surface area contributed by atoms with Crippen molar-refractivity contribution in [1.29, 1.82) is 0 Å². The molecular weight excluding hydrogens is 412 g/mol. The quantitative estimate of drug-likeness (QED) is 0.560. The van der Waals surface area contributed by atoms with E-state index in [1.54, 1.807) is 22.2 Å². The Labute approximate surface area is 165 Å². The molecule has 5 nitrogen and oxygen atoms in total. The average molecular weight is 433 g/mol. The highest BCUT2D eigenvalue weighted by Gasteiger charge is 2.14. The number of amides is 1. The van der Waals surface area contributed by atoms with Crippen LogP contribution in [0.1, 0.15) is 39.6 Å². The van der Waals surface area contributed by atoms with Gasteiger partial charge in [-0.1, -0.05) is 15.9 Å². The van der Waals surface area contributed by atoms with Crippen LogP contribution in [-0.4, -0.2) is 27.2 Å². The summed E-state index contributed by atoms with van der Waals surface area (Å²) < 4.78 is 2.79. The third kappa shape index (κ3) is 4.59. The topological polar surface area (TPSA) is 59.8 Å². The van der Waals surface area contributed by atoms with Crippen molar-refractivity contribution < 1.29 is 4.79 Å². The Balaban J connectivity index is 1.51. The molecule has 0 bridgehead atoms. The smallest absolute Gasteiger partial charge is 0.254 e. The number of nitrogens with zero attached hydrogens (tertiary/aromatic N) is 3. The van der Waals surface area contributed by atoms with E-state index in [1.807, 2.05) is 38.1 Å². The van der Waals surface area contributed by atoms with E-state index in [1.165, 1.54) is 5.01 Å². The number of halogens is 1. The Hall–Kier alpha value is -1.99. The summed E-state index contributed by atoms with van der Waals surface area (Å²) in [6.07, 6.45) is 4.55. The van der Waals surface area contributed by atoms with Crippen LogP contribution in [0.3, 0.4) is 0 Å². The molecule has 3 rings (SSSR count). The van der Waals surface area contributed by atoms with Crippen LogP contribution in [0.2, 0.25) is 0 Å². The summed E-state index contributed by atoms with van der Waals surface area (Å²) in [6.45, 7) is 4.58. The number of carbonyl (C=O) groups is 1. The molecule has 1 aromatic carbocycles. The Morgan fingerprint density at radius 2 is 2.00 bits per heavy atom. The minimum atomic E-state index is -0.0732. The van der Waals surface area contributed by atoms with Crippen molar-refractivity contribution in [1.82, 2.24) is 20.1 Å². The lowest BCUT2D eigenvalue weighted by Gasteiger charge is -2.07. The lowest BCUT2D eigenvalue weighted by molar-refractivity contribution is 0.0952. The van der Waals surface area contributed by atoms with Crippen LogP contribution in [0.5, 0.6) is 0 Å². The highest BCUT2D eigenvalue weighted by Crippen LogP contribution is 2.17. The van der Waals surface area contributed by atoms with Gasteiger partial charge >= 0.3 is 0 Å². The number of benzene rings is 1. The Morgan fingerprint density at radius 3 is 2.69 bits per heavy atom. The van der Waals surface area contributed by atoms with Crippen LogP contribution in [-0.2, 0) is 6.42 Å². The summed E-state index contributed by atoms with van der Waals surface area (Å²) in [4.78, 5) is 16.9. The van der Waals surface area contributed by atoms with Gasteiger partial charge in [0.25, 0.3) is 5.91 Å². The molecule has 0 fully saturated rings. The first-order valence-electron chi connectivity index (χ1n) is 8.54. The molecule has 0 atom stereocenters. The number of carbonyl (C=O) groups excluding carboxylic acids is 1. The van der Waals surface area contributed by atoms with Gasteiger partial charge in [-0.05, 0) is 57.4 Å². The molecule has 2 aromatic heterocycles. The van der Waals surface area contributed by atoms with Crippen molar-refractivity contribution in [2.24, 2.45) is 0 Å². The summed E-state index contributed by atoms with van der Waals surface area (Å²) in [7, 11) is 0. The first-order valence-corrected chi connectivity index (χ1v) is 10.2. The standard InChI is InChI=1S/C19H21BrN4OS/c1-13-12-26-18(23-13)5-3-4-10-21-19(25)17-11-22-24(14(17)2)16-8-6-15(20)7-9-16/h6-9,11-12H,3-5,10H2,1-2H3,(H,21,25). The molecule has 0 aliphatic heterocycles. The van der Waals surface area contributed by atoms with Gasteiger partial charge in [-0.3, -0.25) is 4.79 Å². The Bertz CT molecular complexity index is 885. The molecule has 7 heteroatoms. The van der Waals surface area contributed by atoms with Gasteiger partial charge in [0.2, 0.25) is 0 Å². The first kappa shape index (κ1) is 18.8. The third-order valence-corrected chi connectivity index (χ3v) is 5.65. The fourth-order valence-corrected chi connectivity index (χ4v) is 3.77. The van der Waals surface area contributed by atoms with Crippen LogP contribution < -0.4 is 5.32 Å². The predicted octanol–water partition coefficient (Wildman–Crippen LogP) is 4.46. The Kier molecular flexibility index (Phi) is 6.21. The summed E-state index contributed by atoms with van der Waals surface area (Å²) in [5.74, 6) is -0.0732. The number of nitrogens with one attached hydrogen (secondary N) is 1. The van der Waals surface area contributed by atoms with Crippen LogP contribution in [0.25, 0.3) is 5.69 Å². The second-order valence-corrected chi connectivity index (χ2v) is 7.99. The van der Waals surface area contributed by atoms with Gasteiger partial charge in [-0.2, -0.15) is 5.10 Å². The second-order valence-electron chi connectivity index (χ2n) is 6.13. The molecule has 0 aliphatic rings. The minimum Gasteiger partial charge on any atom is -0.352 e. The lowest BCUT2D eigenvalue weighted by atomic mass is 10.2. The fourth-order valence-electron chi connectivity index (χ4n) is 2.69. The normalized spacial score (nSPS) is 10.9. The molecule has 26 heavy (non-hydrogen) atoms. The molecule has 0 unspecified atom stereocenters. The zero-order valence-electron chi connectivity index (χ0n) is 14.8. The highest BCUT2D eigenvalue weighted by molar-refractivity contribution is 9.10. The van der Waals surface area contributed by atoms with E-state index in [0.717, 1.165) is 40.8 Å². The lowest BCUT2D eigenvalue weighted by Crippen LogP contribution is -2.25. The van der Waals surface area contributed by atoms with Crippen molar-refractivity contribution in [2.45, 2.75) is 33.1 Å². The maximum atomic E-state index is 12.4. The maximum Gasteiger partial charge on any atom is 0.254 e. The fraction of sp³-hybridized carbons (Fsp3) is 0.316. The monoisotopic (exact) mass is 432 g/mol. The van der Waals surface area contributed by atoms with Crippen molar-refractivity contribution in [3.63, 3.8) is 0 Å². The number of aryl methyl sites for hydroxylation is 2. The van der Waals surface area contributed by atoms with Gasteiger partial charge in [0, 0.05) is 22.1 Å². The van der Waals surface area contributed by atoms with Crippen LogP contribution in [0.4, 0.5) is 0 Å². The molecule has 0 saturated carbocycles. The van der Waals surface area contributed by atoms with Crippen LogP contribution >= 0.6 is 27.3 Å². The van der Waals surface area contributed by atoms with Gasteiger partial charge in [-0.15, -0.1) is 11.3 Å². The summed E-state index contributed by atoms with van der Waals surface area (Å²) in [5.41, 5.74) is 3.46. The first-order chi connectivity index (χ1) is 12.5. The van der Waals surface area contributed by atoms with E-state index in [2.05, 4.69) is 36.7 Å². The van der Waals surface area contributed by atoms with Gasteiger partial charge in [0.15, 0.2) is 0 Å². The number of rotatable bonds is 7. The summed E-state index contributed by atoms with van der Waals surface area (Å²) in [6, 6.07) is 7.85. The Morgan fingerprint density at radius 1 is 1.23 bits per heavy atom. The van der Waals surface area contributed by atoms with Gasteiger partial charge in [0.1, 0.15) is 0 Å². The van der Waals surface area contributed by atoms with E-state index in [9.17, 15) is 4.79 Å². The van der Waals surface area contributed by atoms with E-state index < -0.39 is 0 Å². The second kappa shape index (κ2) is 8.60.